The van der Waals surface area contributed by atoms with Crippen molar-refractivity contribution < 1.29 is 14.6 Å². The molecule has 1 rings (SSSR count). The Morgan fingerprint density at radius 1 is 1.44 bits per heavy atom. The maximum atomic E-state index is 11.8. The van der Waals surface area contributed by atoms with Crippen LogP contribution >= 0.6 is 0 Å². The Labute approximate surface area is 108 Å². The average Bonchev–Trinajstić information content (AvgIpc) is 2.39. The molecule has 0 aliphatic carbocycles. The zero-order chi connectivity index (χ0) is 13.6. The minimum absolute atomic E-state index is 0.309. The third-order valence-corrected chi connectivity index (χ3v) is 2.96. The van der Waals surface area contributed by atoms with E-state index in [1.54, 1.807) is 38.1 Å². The second kappa shape index (κ2) is 6.36. The highest BCUT2D eigenvalue weighted by molar-refractivity contribution is 5.74. The second-order valence-electron chi connectivity index (χ2n) is 4.17. The predicted molar refractivity (Wildman–Crippen MR) is 70.9 cm³/mol. The molecule has 98 valence electrons. The van der Waals surface area contributed by atoms with Gasteiger partial charge >= 0.3 is 5.97 Å². The lowest BCUT2D eigenvalue weighted by atomic mass is 9.82. The van der Waals surface area contributed by atoms with E-state index in [1.807, 2.05) is 25.1 Å². The van der Waals surface area contributed by atoms with Gasteiger partial charge in [-0.05, 0) is 26.3 Å². The quantitative estimate of drug-likeness (QED) is 0.643. The van der Waals surface area contributed by atoms with Gasteiger partial charge in [-0.25, -0.2) is 0 Å². The Morgan fingerprint density at radius 3 is 2.56 bits per heavy atom. The molecular formula is C15H20O3. The van der Waals surface area contributed by atoms with Crippen molar-refractivity contribution >= 4 is 5.97 Å². The first-order chi connectivity index (χ1) is 8.56. The summed E-state index contributed by atoms with van der Waals surface area (Å²) in [6.45, 7) is 5.54. The molecule has 1 aromatic rings. The average molecular weight is 248 g/mol. The van der Waals surface area contributed by atoms with Crippen LogP contribution in [0.5, 0.6) is 0 Å². The maximum Gasteiger partial charge on any atom is 0.312 e. The number of rotatable bonds is 5. The number of ether oxygens (including phenoxy) is 1. The number of carbonyl (C=O) groups excluding carboxylic acids is 1. The van der Waals surface area contributed by atoms with E-state index in [-0.39, 0.29) is 0 Å². The largest absolute Gasteiger partial charge is 0.466 e. The van der Waals surface area contributed by atoms with Crippen molar-refractivity contribution in [2.75, 3.05) is 6.61 Å². The van der Waals surface area contributed by atoms with Gasteiger partial charge in [-0.15, -0.1) is 0 Å². The van der Waals surface area contributed by atoms with Crippen molar-refractivity contribution in [2.24, 2.45) is 5.92 Å². The first-order valence-corrected chi connectivity index (χ1v) is 6.14. The first-order valence-electron chi connectivity index (χ1n) is 6.14. The van der Waals surface area contributed by atoms with E-state index >= 15 is 0 Å². The van der Waals surface area contributed by atoms with E-state index in [0.717, 1.165) is 0 Å². The molecule has 1 aromatic carbocycles. The van der Waals surface area contributed by atoms with Gasteiger partial charge in [0.25, 0.3) is 0 Å². The van der Waals surface area contributed by atoms with E-state index in [0.29, 0.717) is 12.2 Å². The zero-order valence-electron chi connectivity index (χ0n) is 11.1. The highest BCUT2D eigenvalue weighted by atomic mass is 16.5. The van der Waals surface area contributed by atoms with E-state index < -0.39 is 17.5 Å². The number of aliphatic hydroxyl groups is 1. The molecule has 3 nitrogen and oxygen atoms in total. The molecule has 0 aromatic heterocycles. The summed E-state index contributed by atoms with van der Waals surface area (Å²) in [7, 11) is 0. The molecule has 0 radical (unpaired) electrons. The highest BCUT2D eigenvalue weighted by Crippen LogP contribution is 2.32. The topological polar surface area (TPSA) is 46.5 Å². The molecule has 0 heterocycles. The fourth-order valence-corrected chi connectivity index (χ4v) is 1.90. The van der Waals surface area contributed by atoms with Gasteiger partial charge in [0.15, 0.2) is 0 Å². The molecule has 0 spiro atoms. The summed E-state index contributed by atoms with van der Waals surface area (Å²) in [5.41, 5.74) is -0.647. The van der Waals surface area contributed by atoms with E-state index in [2.05, 4.69) is 0 Å². The minimum Gasteiger partial charge on any atom is -0.466 e. The Balaban J connectivity index is 3.12. The van der Waals surface area contributed by atoms with Crippen LogP contribution in [0.25, 0.3) is 0 Å². The maximum absolute atomic E-state index is 11.8. The van der Waals surface area contributed by atoms with Crippen LogP contribution in [0.2, 0.25) is 0 Å². The zero-order valence-corrected chi connectivity index (χ0v) is 11.1. The Bertz CT molecular complexity index is 411. The van der Waals surface area contributed by atoms with Gasteiger partial charge < -0.3 is 9.84 Å². The van der Waals surface area contributed by atoms with Crippen LogP contribution in [-0.4, -0.2) is 17.7 Å². The first kappa shape index (κ1) is 14.5. The molecular weight excluding hydrogens is 228 g/mol. The van der Waals surface area contributed by atoms with Crippen molar-refractivity contribution in [2.45, 2.75) is 26.4 Å². The SMILES string of the molecule is C/C=C/C(O)(c1ccccc1)C(C)C(=O)OCC. The smallest absolute Gasteiger partial charge is 0.312 e. The summed E-state index contributed by atoms with van der Waals surface area (Å²) in [4.78, 5) is 11.8. The standard InChI is InChI=1S/C15H20O3/c1-4-11-15(17,12(3)14(16)18-5-2)13-9-7-6-8-10-13/h4,6-12,17H,5H2,1-3H3/b11-4+. The van der Waals surface area contributed by atoms with Crippen LogP contribution in [0, 0.1) is 5.92 Å². The van der Waals surface area contributed by atoms with Crippen molar-refractivity contribution in [1.82, 2.24) is 0 Å². The molecule has 2 atom stereocenters. The molecule has 18 heavy (non-hydrogen) atoms. The minimum atomic E-state index is -1.33. The molecule has 0 aliphatic heterocycles. The highest BCUT2D eigenvalue weighted by Gasteiger charge is 2.38. The summed E-state index contributed by atoms with van der Waals surface area (Å²) in [5, 5.41) is 10.8. The van der Waals surface area contributed by atoms with E-state index in [4.69, 9.17) is 4.74 Å². The Hall–Kier alpha value is -1.61. The lowest BCUT2D eigenvalue weighted by Gasteiger charge is -2.30. The molecule has 0 bridgehead atoms. The van der Waals surface area contributed by atoms with Gasteiger partial charge in [0.05, 0.1) is 12.5 Å². The van der Waals surface area contributed by atoms with Crippen LogP contribution in [0.4, 0.5) is 0 Å². The van der Waals surface area contributed by atoms with Gasteiger partial charge in [-0.2, -0.15) is 0 Å². The number of allylic oxidation sites excluding steroid dienone is 1. The second-order valence-corrected chi connectivity index (χ2v) is 4.17. The van der Waals surface area contributed by atoms with Crippen LogP contribution in [-0.2, 0) is 15.1 Å². The van der Waals surface area contributed by atoms with Gasteiger partial charge in [0.1, 0.15) is 5.60 Å². The molecule has 0 fully saturated rings. The number of benzene rings is 1. The Morgan fingerprint density at radius 2 is 2.06 bits per heavy atom. The van der Waals surface area contributed by atoms with E-state index in [1.165, 1.54) is 0 Å². The monoisotopic (exact) mass is 248 g/mol. The summed E-state index contributed by atoms with van der Waals surface area (Å²) >= 11 is 0. The van der Waals surface area contributed by atoms with Crippen LogP contribution in [0.3, 0.4) is 0 Å². The number of hydrogen-bond donors (Lipinski definition) is 1. The predicted octanol–water partition coefficient (Wildman–Crippen LogP) is 2.65. The summed E-state index contributed by atoms with van der Waals surface area (Å²) in [6.07, 6.45) is 3.37. The van der Waals surface area contributed by atoms with Crippen LogP contribution < -0.4 is 0 Å². The van der Waals surface area contributed by atoms with Crippen molar-refractivity contribution in [1.29, 1.82) is 0 Å². The van der Waals surface area contributed by atoms with Crippen LogP contribution in [0.15, 0.2) is 42.5 Å². The third-order valence-electron chi connectivity index (χ3n) is 2.96. The third kappa shape index (κ3) is 2.99. The normalized spacial score (nSPS) is 16.2. The van der Waals surface area contributed by atoms with Gasteiger partial charge in [-0.3, -0.25) is 4.79 Å². The summed E-state index contributed by atoms with van der Waals surface area (Å²) < 4.78 is 4.98. The molecule has 0 aliphatic rings. The summed E-state index contributed by atoms with van der Waals surface area (Å²) in [6, 6.07) is 9.14. The lowest BCUT2D eigenvalue weighted by Crippen LogP contribution is -2.37. The number of carbonyl (C=O) groups is 1. The number of esters is 1. The Kier molecular flexibility index (Phi) is 5.10. The fraction of sp³-hybridized carbons (Fsp3) is 0.400. The molecule has 0 saturated heterocycles. The van der Waals surface area contributed by atoms with Crippen molar-refractivity contribution in [3.8, 4) is 0 Å². The molecule has 0 amide bonds. The van der Waals surface area contributed by atoms with Gasteiger partial charge in [0.2, 0.25) is 0 Å². The van der Waals surface area contributed by atoms with Crippen molar-refractivity contribution in [3.05, 3.63) is 48.0 Å². The molecule has 2 unspecified atom stereocenters. The number of hydrogen-bond acceptors (Lipinski definition) is 3. The molecule has 3 heteroatoms. The van der Waals surface area contributed by atoms with Crippen molar-refractivity contribution in [3.63, 3.8) is 0 Å². The van der Waals surface area contributed by atoms with Gasteiger partial charge in [0, 0.05) is 0 Å². The van der Waals surface area contributed by atoms with Crippen LogP contribution in [0.1, 0.15) is 26.3 Å². The fourth-order valence-electron chi connectivity index (χ4n) is 1.90. The molecule has 1 N–H and O–H groups in total. The van der Waals surface area contributed by atoms with Gasteiger partial charge in [-0.1, -0.05) is 42.5 Å². The summed E-state index contributed by atoms with van der Waals surface area (Å²) in [5.74, 6) is -1.06. The van der Waals surface area contributed by atoms with E-state index in [9.17, 15) is 9.90 Å². The molecule has 0 saturated carbocycles. The lowest BCUT2D eigenvalue weighted by molar-refractivity contribution is -0.154.